The molecule has 0 radical (unpaired) electrons. The molecule has 0 heterocycles. The summed E-state index contributed by atoms with van der Waals surface area (Å²) in [5, 5.41) is 17.2. The zero-order valence-corrected chi connectivity index (χ0v) is 7.41. The first kappa shape index (κ1) is 11.2. The molecule has 4 heteroatoms. The summed E-state index contributed by atoms with van der Waals surface area (Å²) in [5.41, 5.74) is 0.134. The van der Waals surface area contributed by atoms with Crippen molar-refractivity contribution >= 4 is 5.97 Å². The highest BCUT2D eigenvalue weighted by molar-refractivity contribution is 5.86. The Labute approximate surface area is 76.7 Å². The van der Waals surface area contributed by atoms with Crippen molar-refractivity contribution in [2.75, 3.05) is 6.61 Å². The zero-order valence-electron chi connectivity index (χ0n) is 7.41. The monoisotopic (exact) mass is 181 g/mol. The Kier molecular flexibility index (Phi) is 5.05. The summed E-state index contributed by atoms with van der Waals surface area (Å²) in [4.78, 5) is 10.6. The number of carboxylic acid groups (broad SMARTS) is 1. The fourth-order valence-electron chi connectivity index (χ4n) is 0.711. The molecule has 0 saturated heterocycles. The number of rotatable bonds is 5. The molecule has 0 saturated carbocycles. The Bertz CT molecular complexity index is 273. The van der Waals surface area contributed by atoms with Gasteiger partial charge in [-0.05, 0) is 6.42 Å². The summed E-state index contributed by atoms with van der Waals surface area (Å²) >= 11 is 0. The molecule has 0 aromatic heterocycles. The van der Waals surface area contributed by atoms with E-state index in [1.807, 2.05) is 0 Å². The standard InChI is InChI=1S/C9H11NO3/c1-3-5-13-8(9(11)12)7(4-2)6-10/h3H,1,4-5H2,2H3,(H,11,12)/b8-7-. The van der Waals surface area contributed by atoms with Gasteiger partial charge in [-0.2, -0.15) is 5.26 Å². The zero-order chi connectivity index (χ0) is 10.3. The maximum Gasteiger partial charge on any atom is 0.372 e. The van der Waals surface area contributed by atoms with Crippen LogP contribution in [0.2, 0.25) is 0 Å². The van der Waals surface area contributed by atoms with E-state index in [0.29, 0.717) is 6.42 Å². The van der Waals surface area contributed by atoms with Crippen LogP contribution in [0.1, 0.15) is 13.3 Å². The van der Waals surface area contributed by atoms with Gasteiger partial charge in [0.2, 0.25) is 5.76 Å². The number of ether oxygens (including phenoxy) is 1. The maximum atomic E-state index is 10.6. The van der Waals surface area contributed by atoms with Crippen LogP contribution < -0.4 is 0 Å². The van der Waals surface area contributed by atoms with E-state index in [-0.39, 0.29) is 17.9 Å². The molecule has 0 aliphatic rings. The molecule has 0 unspecified atom stereocenters. The molecular formula is C9H11NO3. The van der Waals surface area contributed by atoms with Crippen LogP contribution in [0.5, 0.6) is 0 Å². The summed E-state index contributed by atoms with van der Waals surface area (Å²) in [6.45, 7) is 5.16. The van der Waals surface area contributed by atoms with Gasteiger partial charge in [0.05, 0.1) is 11.6 Å². The first-order valence-corrected chi connectivity index (χ1v) is 3.77. The predicted molar refractivity (Wildman–Crippen MR) is 46.7 cm³/mol. The van der Waals surface area contributed by atoms with Gasteiger partial charge in [0.15, 0.2) is 0 Å². The average Bonchev–Trinajstić information content (AvgIpc) is 2.11. The smallest absolute Gasteiger partial charge is 0.372 e. The van der Waals surface area contributed by atoms with Crippen LogP contribution in [0.4, 0.5) is 0 Å². The molecule has 0 atom stereocenters. The maximum absolute atomic E-state index is 10.6. The van der Waals surface area contributed by atoms with Crippen molar-refractivity contribution < 1.29 is 14.6 Å². The van der Waals surface area contributed by atoms with Gasteiger partial charge < -0.3 is 9.84 Å². The molecule has 70 valence electrons. The Morgan fingerprint density at radius 3 is 2.69 bits per heavy atom. The molecule has 0 aliphatic heterocycles. The van der Waals surface area contributed by atoms with Crippen molar-refractivity contribution in [1.29, 1.82) is 5.26 Å². The second kappa shape index (κ2) is 5.84. The first-order chi connectivity index (χ1) is 6.17. The third-order valence-corrected chi connectivity index (χ3v) is 1.30. The Morgan fingerprint density at radius 1 is 1.77 bits per heavy atom. The summed E-state index contributed by atoms with van der Waals surface area (Å²) in [6.07, 6.45) is 1.77. The van der Waals surface area contributed by atoms with Crippen molar-refractivity contribution in [1.82, 2.24) is 0 Å². The lowest BCUT2D eigenvalue weighted by Gasteiger charge is -2.04. The van der Waals surface area contributed by atoms with E-state index in [2.05, 4.69) is 6.58 Å². The van der Waals surface area contributed by atoms with Crippen LogP contribution >= 0.6 is 0 Å². The van der Waals surface area contributed by atoms with Crippen molar-refractivity contribution in [3.05, 3.63) is 24.0 Å². The molecule has 0 spiro atoms. The number of carbonyl (C=O) groups is 1. The lowest BCUT2D eigenvalue weighted by Crippen LogP contribution is -2.08. The Balaban J connectivity index is 4.76. The minimum absolute atomic E-state index is 0.0901. The van der Waals surface area contributed by atoms with Crippen LogP contribution in [-0.2, 0) is 9.53 Å². The van der Waals surface area contributed by atoms with E-state index < -0.39 is 5.97 Å². The van der Waals surface area contributed by atoms with E-state index >= 15 is 0 Å². The van der Waals surface area contributed by atoms with Crippen molar-refractivity contribution in [3.63, 3.8) is 0 Å². The van der Waals surface area contributed by atoms with Gasteiger partial charge >= 0.3 is 5.97 Å². The number of hydrogen-bond acceptors (Lipinski definition) is 3. The van der Waals surface area contributed by atoms with E-state index in [1.54, 1.807) is 13.0 Å². The van der Waals surface area contributed by atoms with Gasteiger partial charge in [-0.25, -0.2) is 4.79 Å². The van der Waals surface area contributed by atoms with Crippen LogP contribution in [0.25, 0.3) is 0 Å². The molecular weight excluding hydrogens is 170 g/mol. The summed E-state index contributed by atoms with van der Waals surface area (Å²) in [5.74, 6) is -1.51. The highest BCUT2D eigenvalue weighted by atomic mass is 16.5. The van der Waals surface area contributed by atoms with Gasteiger partial charge in [-0.15, -0.1) is 0 Å². The van der Waals surface area contributed by atoms with Crippen LogP contribution in [0, 0.1) is 11.3 Å². The fourth-order valence-corrected chi connectivity index (χ4v) is 0.711. The first-order valence-electron chi connectivity index (χ1n) is 3.77. The quantitative estimate of drug-likeness (QED) is 0.301. The van der Waals surface area contributed by atoms with E-state index in [1.165, 1.54) is 6.08 Å². The second-order valence-electron chi connectivity index (χ2n) is 2.18. The third kappa shape index (κ3) is 3.43. The Hall–Kier alpha value is -1.76. The number of nitriles is 1. The van der Waals surface area contributed by atoms with E-state index in [4.69, 9.17) is 15.1 Å². The van der Waals surface area contributed by atoms with Crippen LogP contribution in [0.15, 0.2) is 24.0 Å². The predicted octanol–water partition coefficient (Wildman–Crippen LogP) is 1.46. The van der Waals surface area contributed by atoms with Crippen molar-refractivity contribution in [2.24, 2.45) is 0 Å². The van der Waals surface area contributed by atoms with Crippen LogP contribution in [-0.4, -0.2) is 17.7 Å². The van der Waals surface area contributed by atoms with Crippen molar-refractivity contribution in [2.45, 2.75) is 13.3 Å². The van der Waals surface area contributed by atoms with E-state index in [9.17, 15) is 4.79 Å². The highest BCUT2D eigenvalue weighted by Gasteiger charge is 2.14. The van der Waals surface area contributed by atoms with Gasteiger partial charge in [-0.3, -0.25) is 0 Å². The van der Waals surface area contributed by atoms with E-state index in [0.717, 1.165) is 0 Å². The number of carboxylic acids is 1. The average molecular weight is 181 g/mol. The van der Waals surface area contributed by atoms with Gasteiger partial charge in [-0.1, -0.05) is 19.6 Å². The SMILES string of the molecule is C=CCO/C(C(=O)O)=C(\C#N)CC. The molecule has 4 nitrogen and oxygen atoms in total. The number of hydrogen-bond donors (Lipinski definition) is 1. The number of nitrogens with zero attached hydrogens (tertiary/aromatic N) is 1. The van der Waals surface area contributed by atoms with Gasteiger partial charge in [0.25, 0.3) is 0 Å². The molecule has 0 rings (SSSR count). The normalized spacial score (nSPS) is 11.1. The summed E-state index contributed by atoms with van der Waals surface area (Å²) < 4.78 is 4.84. The lowest BCUT2D eigenvalue weighted by atomic mass is 10.2. The number of aliphatic carboxylic acids is 1. The molecule has 13 heavy (non-hydrogen) atoms. The highest BCUT2D eigenvalue weighted by Crippen LogP contribution is 2.09. The topological polar surface area (TPSA) is 70.3 Å². The molecule has 1 N–H and O–H groups in total. The summed E-state index contributed by atoms with van der Waals surface area (Å²) in [6, 6.07) is 1.78. The molecule has 0 aromatic carbocycles. The second-order valence-corrected chi connectivity index (χ2v) is 2.18. The fraction of sp³-hybridized carbons (Fsp3) is 0.333. The minimum atomic E-state index is -1.22. The minimum Gasteiger partial charge on any atom is -0.482 e. The number of allylic oxidation sites excluding steroid dienone is 1. The largest absolute Gasteiger partial charge is 0.482 e. The van der Waals surface area contributed by atoms with Crippen LogP contribution in [0.3, 0.4) is 0 Å². The van der Waals surface area contributed by atoms with Gasteiger partial charge in [0.1, 0.15) is 6.61 Å². The Morgan fingerprint density at radius 2 is 2.38 bits per heavy atom. The molecule has 0 aromatic rings. The third-order valence-electron chi connectivity index (χ3n) is 1.30. The summed E-state index contributed by atoms with van der Waals surface area (Å²) in [7, 11) is 0. The lowest BCUT2D eigenvalue weighted by molar-refractivity contribution is -0.136. The van der Waals surface area contributed by atoms with Gasteiger partial charge in [0, 0.05) is 0 Å². The molecule has 0 amide bonds. The molecule has 0 aliphatic carbocycles. The molecule has 0 fully saturated rings. The molecule has 0 bridgehead atoms. The van der Waals surface area contributed by atoms with Crippen molar-refractivity contribution in [3.8, 4) is 6.07 Å².